The number of hydrogen-bond donors (Lipinski definition) is 0. The van der Waals surface area contributed by atoms with Crippen molar-refractivity contribution < 1.29 is 18.0 Å². The Morgan fingerprint density at radius 2 is 1.94 bits per heavy atom. The van der Waals surface area contributed by atoms with Gasteiger partial charge in [-0.2, -0.15) is 13.2 Å². The number of benzene rings is 1. The average Bonchev–Trinajstić information content (AvgIpc) is 2.26. The molecular formula is C11H10BrF3OS. The van der Waals surface area contributed by atoms with Crippen LogP contribution in [0.25, 0.3) is 0 Å². The number of alkyl halides is 4. The highest BCUT2D eigenvalue weighted by molar-refractivity contribution is 9.09. The van der Waals surface area contributed by atoms with Gasteiger partial charge in [-0.1, -0.05) is 15.9 Å². The fourth-order valence-electron chi connectivity index (χ4n) is 1.28. The first-order chi connectivity index (χ1) is 7.75. The second kappa shape index (κ2) is 5.44. The number of ketones is 1. The molecule has 0 aliphatic rings. The Hall–Kier alpha value is -0.490. The normalized spacial score (nSPS) is 13.5. The average molecular weight is 327 g/mol. The van der Waals surface area contributed by atoms with E-state index in [0.717, 1.165) is 12.1 Å². The first-order valence-corrected chi connectivity index (χ1v) is 6.80. The molecule has 0 saturated heterocycles. The molecule has 1 aromatic carbocycles. The van der Waals surface area contributed by atoms with E-state index in [1.807, 2.05) is 0 Å². The van der Waals surface area contributed by atoms with Crippen LogP contribution in [-0.4, -0.2) is 12.0 Å². The van der Waals surface area contributed by atoms with Gasteiger partial charge in [-0.15, -0.1) is 11.8 Å². The maximum atomic E-state index is 12.6. The fraction of sp³-hybridized carbons (Fsp3) is 0.364. The minimum atomic E-state index is -4.40. The quantitative estimate of drug-likeness (QED) is 0.603. The second-order valence-electron chi connectivity index (χ2n) is 3.47. The van der Waals surface area contributed by atoms with Gasteiger partial charge in [-0.3, -0.25) is 4.79 Å². The molecule has 1 nitrogen and oxygen atoms in total. The summed E-state index contributed by atoms with van der Waals surface area (Å²) in [6, 6.07) is 3.66. The van der Waals surface area contributed by atoms with Crippen LogP contribution in [0.5, 0.6) is 0 Å². The number of carbonyl (C=O) groups is 1. The van der Waals surface area contributed by atoms with Crippen LogP contribution in [0, 0.1) is 0 Å². The summed E-state index contributed by atoms with van der Waals surface area (Å²) < 4.78 is 37.9. The van der Waals surface area contributed by atoms with Crippen molar-refractivity contribution >= 4 is 33.5 Å². The highest BCUT2D eigenvalue weighted by Gasteiger charge is 2.32. The van der Waals surface area contributed by atoms with Gasteiger partial charge in [0.2, 0.25) is 0 Å². The van der Waals surface area contributed by atoms with Crippen molar-refractivity contribution in [3.63, 3.8) is 0 Å². The third-order valence-corrected chi connectivity index (χ3v) is 4.02. The number of hydrogen-bond acceptors (Lipinski definition) is 2. The number of Topliss-reactive ketones (excluding diaryl/α,β-unsaturated/α-hetero) is 1. The van der Waals surface area contributed by atoms with Gasteiger partial charge < -0.3 is 0 Å². The van der Waals surface area contributed by atoms with E-state index in [9.17, 15) is 18.0 Å². The van der Waals surface area contributed by atoms with E-state index in [4.69, 9.17) is 0 Å². The minimum absolute atomic E-state index is 0.226. The Morgan fingerprint density at radius 1 is 1.35 bits per heavy atom. The third kappa shape index (κ3) is 3.74. The maximum absolute atomic E-state index is 12.6. The van der Waals surface area contributed by atoms with Gasteiger partial charge in [0.1, 0.15) is 5.78 Å². The van der Waals surface area contributed by atoms with Crippen molar-refractivity contribution in [1.29, 1.82) is 0 Å². The molecule has 1 rings (SSSR count). The van der Waals surface area contributed by atoms with Crippen LogP contribution in [0.1, 0.15) is 22.9 Å². The molecule has 0 aliphatic heterocycles. The Labute approximate surface area is 110 Å². The smallest absolute Gasteiger partial charge is 0.298 e. The van der Waals surface area contributed by atoms with Gasteiger partial charge in [-0.05, 0) is 36.9 Å². The molecule has 1 aromatic rings. The summed E-state index contributed by atoms with van der Waals surface area (Å²) in [5.41, 5.74) is -0.401. The van der Waals surface area contributed by atoms with Crippen molar-refractivity contribution in [2.45, 2.75) is 22.8 Å². The highest BCUT2D eigenvalue weighted by atomic mass is 79.9. The summed E-state index contributed by atoms with van der Waals surface area (Å²) in [5, 5.41) is 0. The Kier molecular flexibility index (Phi) is 4.66. The molecule has 0 radical (unpaired) electrons. The Bertz CT molecular complexity index is 431. The molecule has 1 unspecified atom stereocenters. The molecule has 0 aliphatic carbocycles. The molecule has 0 amide bonds. The second-order valence-corrected chi connectivity index (χ2v) is 5.26. The zero-order chi connectivity index (χ0) is 13.2. The number of halogens is 4. The Morgan fingerprint density at radius 3 is 2.35 bits per heavy atom. The van der Waals surface area contributed by atoms with Gasteiger partial charge in [0, 0.05) is 4.90 Å². The van der Waals surface area contributed by atoms with Crippen molar-refractivity contribution in [3.05, 3.63) is 29.3 Å². The van der Waals surface area contributed by atoms with E-state index in [0.29, 0.717) is 10.5 Å². The summed E-state index contributed by atoms with van der Waals surface area (Å²) in [7, 11) is 0. The first-order valence-electron chi connectivity index (χ1n) is 4.66. The number of rotatable bonds is 3. The van der Waals surface area contributed by atoms with Gasteiger partial charge in [0.15, 0.2) is 0 Å². The monoisotopic (exact) mass is 326 g/mol. The van der Waals surface area contributed by atoms with Crippen molar-refractivity contribution in [2.75, 3.05) is 6.26 Å². The van der Waals surface area contributed by atoms with E-state index >= 15 is 0 Å². The largest absolute Gasteiger partial charge is 0.416 e. The topological polar surface area (TPSA) is 17.1 Å². The summed E-state index contributed by atoms with van der Waals surface area (Å²) in [5.74, 6) is -0.226. The molecule has 0 heterocycles. The van der Waals surface area contributed by atoms with E-state index < -0.39 is 16.6 Å². The summed E-state index contributed by atoms with van der Waals surface area (Å²) in [6.45, 7) is 1.33. The molecule has 6 heteroatoms. The summed E-state index contributed by atoms with van der Waals surface area (Å²) in [4.78, 5) is 11.0. The third-order valence-electron chi connectivity index (χ3n) is 2.14. The molecule has 0 aromatic heterocycles. The van der Waals surface area contributed by atoms with Gasteiger partial charge in [-0.25, -0.2) is 0 Å². The predicted octanol–water partition coefficient (Wildman–Crippen LogP) is 4.45. The summed E-state index contributed by atoms with van der Waals surface area (Å²) in [6.07, 6.45) is -2.71. The maximum Gasteiger partial charge on any atom is 0.416 e. The van der Waals surface area contributed by atoms with E-state index in [1.165, 1.54) is 18.7 Å². The number of thioether (sulfide) groups is 1. The predicted molar refractivity (Wildman–Crippen MR) is 65.6 cm³/mol. The molecular weight excluding hydrogens is 317 g/mol. The molecule has 1 atom stereocenters. The lowest BCUT2D eigenvalue weighted by Crippen LogP contribution is -2.08. The van der Waals surface area contributed by atoms with Gasteiger partial charge in [0.05, 0.1) is 10.4 Å². The van der Waals surface area contributed by atoms with Crippen LogP contribution >= 0.6 is 27.7 Å². The molecule has 0 saturated carbocycles. The van der Waals surface area contributed by atoms with Crippen LogP contribution < -0.4 is 0 Å². The molecule has 94 valence electrons. The minimum Gasteiger partial charge on any atom is -0.298 e. The zero-order valence-electron chi connectivity index (χ0n) is 9.14. The van der Waals surface area contributed by atoms with Crippen LogP contribution in [0.3, 0.4) is 0 Å². The standard InChI is InChI=1S/C11H10BrF3OS/c1-6(16)10(12)7-3-8(11(13,14)15)5-9(4-7)17-2/h3-5,10H,1-2H3. The van der Waals surface area contributed by atoms with Crippen LogP contribution in [-0.2, 0) is 11.0 Å². The van der Waals surface area contributed by atoms with E-state index in [-0.39, 0.29) is 5.78 Å². The SMILES string of the molecule is CSc1cc(C(Br)C(C)=O)cc(C(F)(F)F)c1. The van der Waals surface area contributed by atoms with Crippen molar-refractivity contribution in [3.8, 4) is 0 Å². The lowest BCUT2D eigenvalue weighted by Gasteiger charge is -2.13. The van der Waals surface area contributed by atoms with Crippen LogP contribution in [0.15, 0.2) is 23.1 Å². The van der Waals surface area contributed by atoms with Gasteiger partial charge in [0.25, 0.3) is 0 Å². The highest BCUT2D eigenvalue weighted by Crippen LogP contribution is 2.35. The van der Waals surface area contributed by atoms with Crippen molar-refractivity contribution in [1.82, 2.24) is 0 Å². The lowest BCUT2D eigenvalue weighted by molar-refractivity contribution is -0.137. The number of carbonyl (C=O) groups excluding carboxylic acids is 1. The lowest BCUT2D eigenvalue weighted by atomic mass is 10.1. The first kappa shape index (κ1) is 14.6. The van der Waals surface area contributed by atoms with E-state index in [1.54, 1.807) is 12.3 Å². The molecule has 17 heavy (non-hydrogen) atoms. The van der Waals surface area contributed by atoms with Crippen LogP contribution in [0.4, 0.5) is 13.2 Å². The zero-order valence-corrected chi connectivity index (χ0v) is 11.5. The molecule has 0 fully saturated rings. The Balaban J connectivity index is 3.28. The van der Waals surface area contributed by atoms with Gasteiger partial charge >= 0.3 is 6.18 Å². The molecule has 0 N–H and O–H groups in total. The molecule has 0 spiro atoms. The summed E-state index contributed by atoms with van der Waals surface area (Å²) >= 11 is 4.30. The fourth-order valence-corrected chi connectivity index (χ4v) is 2.05. The molecule has 0 bridgehead atoms. The van der Waals surface area contributed by atoms with E-state index in [2.05, 4.69) is 15.9 Å². The van der Waals surface area contributed by atoms with Crippen LogP contribution in [0.2, 0.25) is 0 Å². The van der Waals surface area contributed by atoms with Crippen molar-refractivity contribution in [2.24, 2.45) is 0 Å².